The van der Waals surface area contributed by atoms with Gasteiger partial charge in [0.05, 0.1) is 12.1 Å². The van der Waals surface area contributed by atoms with E-state index in [1.807, 2.05) is 31.2 Å². The summed E-state index contributed by atoms with van der Waals surface area (Å²) in [4.78, 5) is 12.4. The highest BCUT2D eigenvalue weighted by atomic mass is 16.5. The average molecular weight is 267 g/mol. The van der Waals surface area contributed by atoms with E-state index in [4.69, 9.17) is 4.74 Å². The van der Waals surface area contributed by atoms with Crippen LogP contribution in [0.25, 0.3) is 11.0 Å². The molecule has 0 amide bonds. The van der Waals surface area contributed by atoms with Crippen LogP contribution in [0.5, 0.6) is 5.75 Å². The Labute approximate surface area is 115 Å². The summed E-state index contributed by atoms with van der Waals surface area (Å²) in [5, 5.41) is 7.90. The van der Waals surface area contributed by atoms with Gasteiger partial charge in [-0.25, -0.2) is 0 Å². The fraction of sp³-hybridized carbons (Fsp3) is 0.133. The molecule has 0 aliphatic rings. The Morgan fingerprint density at radius 3 is 2.65 bits per heavy atom. The van der Waals surface area contributed by atoms with Gasteiger partial charge in [0, 0.05) is 5.56 Å². The van der Waals surface area contributed by atoms with Crippen molar-refractivity contribution < 1.29 is 9.53 Å². The smallest absolute Gasteiger partial charge is 0.280 e. The molecule has 0 saturated carbocycles. The standard InChI is InChI=1S/C15H13N3O2/c1-2-20-12-9-7-11(8-10-12)15(19)18-14-6-4-3-5-13(14)16-17-18/h3-10H,2H2,1H3. The monoisotopic (exact) mass is 267 g/mol. The molecule has 0 fully saturated rings. The van der Waals surface area contributed by atoms with E-state index in [2.05, 4.69) is 10.3 Å². The Morgan fingerprint density at radius 1 is 1.15 bits per heavy atom. The maximum atomic E-state index is 12.4. The summed E-state index contributed by atoms with van der Waals surface area (Å²) in [7, 11) is 0. The average Bonchev–Trinajstić information content (AvgIpc) is 2.92. The molecule has 0 unspecified atom stereocenters. The third-order valence-corrected chi connectivity index (χ3v) is 2.96. The number of carbonyl (C=O) groups is 1. The van der Waals surface area contributed by atoms with E-state index in [-0.39, 0.29) is 5.91 Å². The minimum Gasteiger partial charge on any atom is -0.494 e. The molecule has 1 heterocycles. The van der Waals surface area contributed by atoms with Crippen LogP contribution in [0.4, 0.5) is 0 Å². The van der Waals surface area contributed by atoms with Crippen LogP contribution >= 0.6 is 0 Å². The maximum absolute atomic E-state index is 12.4. The van der Waals surface area contributed by atoms with E-state index in [0.29, 0.717) is 23.2 Å². The second kappa shape index (κ2) is 5.13. The third kappa shape index (κ3) is 2.14. The van der Waals surface area contributed by atoms with E-state index in [1.165, 1.54) is 4.68 Å². The van der Waals surface area contributed by atoms with Crippen molar-refractivity contribution in [1.29, 1.82) is 0 Å². The molecule has 5 nitrogen and oxygen atoms in total. The van der Waals surface area contributed by atoms with Crippen LogP contribution in [0.2, 0.25) is 0 Å². The van der Waals surface area contributed by atoms with Crippen molar-refractivity contribution in [3.63, 3.8) is 0 Å². The van der Waals surface area contributed by atoms with Crippen LogP contribution in [0.3, 0.4) is 0 Å². The van der Waals surface area contributed by atoms with Gasteiger partial charge in [-0.15, -0.1) is 5.10 Å². The Bertz CT molecular complexity index is 747. The first-order valence-electron chi connectivity index (χ1n) is 6.37. The van der Waals surface area contributed by atoms with Crippen molar-refractivity contribution in [2.75, 3.05) is 6.61 Å². The predicted octanol–water partition coefficient (Wildman–Crippen LogP) is 2.52. The lowest BCUT2D eigenvalue weighted by Gasteiger charge is -2.04. The number of rotatable bonds is 3. The van der Waals surface area contributed by atoms with E-state index in [0.717, 1.165) is 5.75 Å². The first-order chi connectivity index (χ1) is 9.79. The number of hydrogen-bond donors (Lipinski definition) is 0. The SMILES string of the molecule is CCOc1ccc(C(=O)n2nnc3ccccc32)cc1. The molecule has 0 spiro atoms. The van der Waals surface area contributed by atoms with Crippen LogP contribution in [-0.4, -0.2) is 27.5 Å². The van der Waals surface area contributed by atoms with Gasteiger partial charge in [-0.3, -0.25) is 4.79 Å². The molecule has 100 valence electrons. The number of fused-ring (bicyclic) bond motifs is 1. The van der Waals surface area contributed by atoms with Crippen LogP contribution in [0, 0.1) is 0 Å². The van der Waals surface area contributed by atoms with Gasteiger partial charge in [0.25, 0.3) is 5.91 Å². The molecule has 3 rings (SSSR count). The van der Waals surface area contributed by atoms with E-state index >= 15 is 0 Å². The Balaban J connectivity index is 1.95. The van der Waals surface area contributed by atoms with Crippen LogP contribution in [0.1, 0.15) is 17.3 Å². The van der Waals surface area contributed by atoms with Crippen LogP contribution < -0.4 is 4.74 Å². The molecular formula is C15H13N3O2. The number of hydrogen-bond acceptors (Lipinski definition) is 4. The fourth-order valence-electron chi connectivity index (χ4n) is 2.00. The number of nitrogens with zero attached hydrogens (tertiary/aromatic N) is 3. The van der Waals surface area contributed by atoms with Gasteiger partial charge in [0.2, 0.25) is 0 Å². The van der Waals surface area contributed by atoms with Crippen molar-refractivity contribution in [2.45, 2.75) is 6.92 Å². The minimum absolute atomic E-state index is 0.207. The van der Waals surface area contributed by atoms with Crippen molar-refractivity contribution >= 4 is 16.9 Å². The molecule has 5 heteroatoms. The summed E-state index contributed by atoms with van der Waals surface area (Å²) in [5.41, 5.74) is 1.95. The highest BCUT2D eigenvalue weighted by Crippen LogP contribution is 2.15. The Kier molecular flexibility index (Phi) is 3.16. The van der Waals surface area contributed by atoms with E-state index in [1.54, 1.807) is 24.3 Å². The van der Waals surface area contributed by atoms with Crippen molar-refractivity contribution in [1.82, 2.24) is 15.0 Å². The molecule has 0 radical (unpaired) electrons. The van der Waals surface area contributed by atoms with Gasteiger partial charge in [-0.05, 0) is 43.3 Å². The third-order valence-electron chi connectivity index (χ3n) is 2.96. The zero-order valence-corrected chi connectivity index (χ0v) is 11.0. The van der Waals surface area contributed by atoms with Crippen molar-refractivity contribution in [3.05, 3.63) is 54.1 Å². The molecule has 0 atom stereocenters. The summed E-state index contributed by atoms with van der Waals surface area (Å²) in [6.07, 6.45) is 0. The molecule has 2 aromatic carbocycles. The molecule has 3 aromatic rings. The fourth-order valence-corrected chi connectivity index (χ4v) is 2.00. The van der Waals surface area contributed by atoms with Gasteiger partial charge >= 0.3 is 0 Å². The second-order valence-corrected chi connectivity index (χ2v) is 4.25. The number of benzene rings is 2. The van der Waals surface area contributed by atoms with E-state index < -0.39 is 0 Å². The Morgan fingerprint density at radius 2 is 1.90 bits per heavy atom. The summed E-state index contributed by atoms with van der Waals surface area (Å²) in [6.45, 7) is 2.52. The highest BCUT2D eigenvalue weighted by Gasteiger charge is 2.13. The summed E-state index contributed by atoms with van der Waals surface area (Å²) >= 11 is 0. The zero-order valence-electron chi connectivity index (χ0n) is 11.0. The minimum atomic E-state index is -0.207. The lowest BCUT2D eigenvalue weighted by Crippen LogP contribution is -2.13. The lowest BCUT2D eigenvalue weighted by molar-refractivity contribution is 0.0948. The first-order valence-corrected chi connectivity index (χ1v) is 6.37. The number of aromatic nitrogens is 3. The lowest BCUT2D eigenvalue weighted by atomic mass is 10.2. The van der Waals surface area contributed by atoms with Gasteiger partial charge < -0.3 is 4.74 Å². The van der Waals surface area contributed by atoms with Gasteiger partial charge in [-0.1, -0.05) is 17.3 Å². The quantitative estimate of drug-likeness (QED) is 0.731. The molecule has 0 N–H and O–H groups in total. The zero-order chi connectivity index (χ0) is 13.9. The molecule has 1 aromatic heterocycles. The summed E-state index contributed by atoms with van der Waals surface area (Å²) in [5.74, 6) is 0.536. The van der Waals surface area contributed by atoms with Crippen LogP contribution in [0.15, 0.2) is 48.5 Å². The first kappa shape index (κ1) is 12.3. The van der Waals surface area contributed by atoms with E-state index in [9.17, 15) is 4.79 Å². The largest absolute Gasteiger partial charge is 0.494 e. The molecule has 0 bridgehead atoms. The maximum Gasteiger partial charge on any atom is 0.280 e. The molecular weight excluding hydrogens is 254 g/mol. The van der Waals surface area contributed by atoms with Gasteiger partial charge in [0.1, 0.15) is 11.3 Å². The highest BCUT2D eigenvalue weighted by molar-refractivity contribution is 6.00. The predicted molar refractivity (Wildman–Crippen MR) is 74.9 cm³/mol. The molecule has 0 aliphatic heterocycles. The van der Waals surface area contributed by atoms with Crippen molar-refractivity contribution in [3.8, 4) is 5.75 Å². The summed E-state index contributed by atoms with van der Waals surface area (Å²) < 4.78 is 6.67. The van der Waals surface area contributed by atoms with Gasteiger partial charge in [-0.2, -0.15) is 4.68 Å². The van der Waals surface area contributed by atoms with Gasteiger partial charge in [0.15, 0.2) is 0 Å². The number of para-hydroxylation sites is 1. The topological polar surface area (TPSA) is 57.0 Å². The van der Waals surface area contributed by atoms with Crippen LogP contribution in [-0.2, 0) is 0 Å². The molecule has 0 aliphatic carbocycles. The molecule has 20 heavy (non-hydrogen) atoms. The molecule has 0 saturated heterocycles. The summed E-state index contributed by atoms with van der Waals surface area (Å²) in [6, 6.07) is 14.4. The normalized spacial score (nSPS) is 10.7. The number of carbonyl (C=O) groups excluding carboxylic acids is 1. The number of ether oxygens (including phenoxy) is 1. The second-order valence-electron chi connectivity index (χ2n) is 4.25. The Hall–Kier alpha value is -2.69. The van der Waals surface area contributed by atoms with Crippen molar-refractivity contribution in [2.24, 2.45) is 0 Å².